The molecule has 33 heavy (non-hydrogen) atoms. The van der Waals surface area contributed by atoms with Gasteiger partial charge < -0.3 is 24.6 Å². The summed E-state index contributed by atoms with van der Waals surface area (Å²) in [4.78, 5) is 28.3. The lowest BCUT2D eigenvalue weighted by Crippen LogP contribution is -2.50. The van der Waals surface area contributed by atoms with Crippen LogP contribution in [0.4, 0.5) is 23.9 Å². The van der Waals surface area contributed by atoms with E-state index < -0.39 is 23.7 Å². The lowest BCUT2D eigenvalue weighted by Gasteiger charge is -2.37. The molecule has 12 heteroatoms. The molecule has 1 aromatic heterocycles. The Hall–Kier alpha value is -2.86. The number of esters is 2. The maximum absolute atomic E-state index is 13.0. The molecule has 1 aliphatic heterocycles. The van der Waals surface area contributed by atoms with E-state index in [4.69, 9.17) is 21.7 Å². The lowest BCUT2D eigenvalue weighted by atomic mass is 10.1. The van der Waals surface area contributed by atoms with Gasteiger partial charge in [0.25, 0.3) is 0 Å². The number of rotatable bonds is 4. The molecular weight excluding hydrogens is 479 g/mol. The molecule has 0 atom stereocenters. The fourth-order valence-electron chi connectivity index (χ4n) is 3.46. The minimum absolute atomic E-state index is 0.202. The summed E-state index contributed by atoms with van der Waals surface area (Å²) in [5.41, 5.74) is 0.434. The molecule has 0 saturated carbocycles. The molecule has 2 aromatic rings. The van der Waals surface area contributed by atoms with Crippen molar-refractivity contribution >= 4 is 51.3 Å². The Morgan fingerprint density at radius 1 is 1.09 bits per heavy atom. The zero-order chi connectivity index (χ0) is 24.3. The first-order valence-electron chi connectivity index (χ1n) is 9.85. The van der Waals surface area contributed by atoms with Gasteiger partial charge in [-0.15, -0.1) is 11.3 Å². The number of hydrogen-bond acceptors (Lipinski definition) is 7. The zero-order valence-corrected chi connectivity index (χ0v) is 19.7. The number of methoxy groups -OCH3 is 2. The van der Waals surface area contributed by atoms with Crippen LogP contribution in [0, 0.1) is 6.92 Å². The Morgan fingerprint density at radius 2 is 1.73 bits per heavy atom. The van der Waals surface area contributed by atoms with E-state index >= 15 is 0 Å². The zero-order valence-electron chi connectivity index (χ0n) is 18.1. The summed E-state index contributed by atoms with van der Waals surface area (Å²) in [6.45, 7) is 3.47. The number of benzene rings is 1. The quantitative estimate of drug-likeness (QED) is 0.495. The number of nitrogens with zero attached hydrogens (tertiary/aromatic N) is 2. The molecule has 1 saturated heterocycles. The van der Waals surface area contributed by atoms with E-state index in [1.165, 1.54) is 20.3 Å². The predicted octanol–water partition coefficient (Wildman–Crippen LogP) is 4.17. The molecule has 0 amide bonds. The second-order valence-corrected chi connectivity index (χ2v) is 8.60. The van der Waals surface area contributed by atoms with Crippen LogP contribution in [0.15, 0.2) is 24.3 Å². The summed E-state index contributed by atoms with van der Waals surface area (Å²) in [5, 5.41) is 3.72. The second-order valence-electron chi connectivity index (χ2n) is 7.20. The Kier molecular flexibility index (Phi) is 7.48. The van der Waals surface area contributed by atoms with Crippen molar-refractivity contribution in [1.82, 2.24) is 4.90 Å². The van der Waals surface area contributed by atoms with Crippen molar-refractivity contribution in [2.45, 2.75) is 13.1 Å². The highest BCUT2D eigenvalue weighted by atomic mass is 32.1. The summed E-state index contributed by atoms with van der Waals surface area (Å²) in [6, 6.07) is 5.22. The summed E-state index contributed by atoms with van der Waals surface area (Å²) in [7, 11) is 2.49. The number of carbonyl (C=O) groups excluding carboxylic acids is 2. The molecule has 2 heterocycles. The van der Waals surface area contributed by atoms with Gasteiger partial charge in [-0.2, -0.15) is 13.2 Å². The molecule has 178 valence electrons. The smallest absolute Gasteiger partial charge is 0.416 e. The van der Waals surface area contributed by atoms with Crippen LogP contribution < -0.4 is 10.2 Å². The minimum Gasteiger partial charge on any atom is -0.465 e. The highest BCUT2D eigenvalue weighted by molar-refractivity contribution is 7.80. The molecule has 7 nitrogen and oxygen atoms in total. The van der Waals surface area contributed by atoms with Crippen LogP contribution in [0.2, 0.25) is 0 Å². The SMILES string of the molecule is COC(=O)c1sc(NC(=S)N2CCN(c3cccc(C(F)(F)F)c3)CC2)c(C(=O)OC)c1C. The fourth-order valence-corrected chi connectivity index (χ4v) is 4.92. The van der Waals surface area contributed by atoms with Crippen LogP contribution in [0.5, 0.6) is 0 Å². The number of anilines is 2. The number of nitrogens with one attached hydrogen (secondary N) is 1. The fraction of sp³-hybridized carbons (Fsp3) is 0.381. The molecular formula is C21H22F3N3O4S2. The molecule has 1 fully saturated rings. The number of ether oxygens (including phenoxy) is 2. The molecule has 1 aliphatic rings. The van der Waals surface area contributed by atoms with Gasteiger partial charge in [-0.1, -0.05) is 6.07 Å². The summed E-state index contributed by atoms with van der Waals surface area (Å²) < 4.78 is 48.7. The third-order valence-electron chi connectivity index (χ3n) is 5.23. The van der Waals surface area contributed by atoms with Crippen molar-refractivity contribution in [2.75, 3.05) is 50.6 Å². The maximum atomic E-state index is 13.0. The van der Waals surface area contributed by atoms with Crippen LogP contribution in [-0.4, -0.2) is 62.3 Å². The summed E-state index contributed by atoms with van der Waals surface area (Å²) in [5.74, 6) is -1.19. The number of carbonyl (C=O) groups is 2. The third kappa shape index (κ3) is 5.38. The van der Waals surface area contributed by atoms with Gasteiger partial charge >= 0.3 is 18.1 Å². The molecule has 1 N–H and O–H groups in total. The maximum Gasteiger partial charge on any atom is 0.416 e. The van der Waals surface area contributed by atoms with E-state index in [0.717, 1.165) is 23.5 Å². The number of thiocarbonyl (C=S) groups is 1. The average molecular weight is 502 g/mol. The van der Waals surface area contributed by atoms with Gasteiger partial charge in [-0.05, 0) is 42.9 Å². The van der Waals surface area contributed by atoms with Crippen molar-refractivity contribution in [3.05, 3.63) is 45.8 Å². The van der Waals surface area contributed by atoms with E-state index in [1.807, 2.05) is 9.80 Å². The van der Waals surface area contributed by atoms with Crippen LogP contribution in [0.25, 0.3) is 0 Å². The van der Waals surface area contributed by atoms with Gasteiger partial charge in [0.15, 0.2) is 5.11 Å². The number of piperazine rings is 1. The van der Waals surface area contributed by atoms with Crippen molar-refractivity contribution in [1.29, 1.82) is 0 Å². The number of alkyl halides is 3. The Balaban J connectivity index is 1.71. The van der Waals surface area contributed by atoms with Gasteiger partial charge in [0.1, 0.15) is 9.88 Å². The topological polar surface area (TPSA) is 71.1 Å². The van der Waals surface area contributed by atoms with Crippen LogP contribution in [-0.2, 0) is 15.7 Å². The third-order valence-corrected chi connectivity index (χ3v) is 6.78. The van der Waals surface area contributed by atoms with Gasteiger partial charge in [0, 0.05) is 31.9 Å². The molecule has 0 aliphatic carbocycles. The molecule has 1 aromatic carbocycles. The minimum atomic E-state index is -4.40. The van der Waals surface area contributed by atoms with Gasteiger partial charge in [-0.3, -0.25) is 0 Å². The van der Waals surface area contributed by atoms with E-state index in [9.17, 15) is 22.8 Å². The van der Waals surface area contributed by atoms with Crippen LogP contribution in [0.1, 0.15) is 31.2 Å². The predicted molar refractivity (Wildman–Crippen MR) is 123 cm³/mol. The van der Waals surface area contributed by atoms with Gasteiger partial charge in [0.05, 0.1) is 25.3 Å². The van der Waals surface area contributed by atoms with E-state index in [2.05, 4.69) is 5.32 Å². The van der Waals surface area contributed by atoms with E-state index in [1.54, 1.807) is 13.0 Å². The highest BCUT2D eigenvalue weighted by Gasteiger charge is 2.31. The largest absolute Gasteiger partial charge is 0.465 e. The van der Waals surface area contributed by atoms with Gasteiger partial charge in [-0.25, -0.2) is 9.59 Å². The van der Waals surface area contributed by atoms with Gasteiger partial charge in [0.2, 0.25) is 0 Å². The van der Waals surface area contributed by atoms with Crippen molar-refractivity contribution < 1.29 is 32.2 Å². The first-order valence-corrected chi connectivity index (χ1v) is 11.1. The number of hydrogen-bond donors (Lipinski definition) is 1. The summed E-state index contributed by atoms with van der Waals surface area (Å²) >= 11 is 6.53. The van der Waals surface area contributed by atoms with Crippen molar-refractivity contribution in [3.8, 4) is 0 Å². The van der Waals surface area contributed by atoms with Crippen LogP contribution in [0.3, 0.4) is 0 Å². The monoisotopic (exact) mass is 501 g/mol. The Bertz CT molecular complexity index is 1060. The van der Waals surface area contributed by atoms with E-state index in [0.29, 0.717) is 47.5 Å². The van der Waals surface area contributed by atoms with Crippen molar-refractivity contribution in [3.63, 3.8) is 0 Å². The normalized spacial score (nSPS) is 14.1. The molecule has 0 bridgehead atoms. The second kappa shape index (κ2) is 9.96. The van der Waals surface area contributed by atoms with Crippen molar-refractivity contribution in [2.24, 2.45) is 0 Å². The number of halogens is 3. The van der Waals surface area contributed by atoms with Crippen LogP contribution >= 0.6 is 23.6 Å². The highest BCUT2D eigenvalue weighted by Crippen LogP contribution is 2.35. The Labute approximate surface area is 198 Å². The first-order chi connectivity index (χ1) is 15.6. The molecule has 0 spiro atoms. The molecule has 0 radical (unpaired) electrons. The molecule has 3 rings (SSSR count). The summed E-state index contributed by atoms with van der Waals surface area (Å²) in [6.07, 6.45) is -4.40. The Morgan fingerprint density at radius 3 is 2.30 bits per heavy atom. The average Bonchev–Trinajstić information content (AvgIpc) is 3.13. The lowest BCUT2D eigenvalue weighted by molar-refractivity contribution is -0.137. The standard InChI is InChI=1S/C21H22F3N3O4S2/c1-12-15(18(28)30-2)17(33-16(12)19(29)31-3)25-20(32)27-9-7-26(8-10-27)14-6-4-5-13(11-14)21(22,23)24/h4-6,11H,7-10H2,1-3H3,(H,25,32). The number of thiophene rings is 1. The molecule has 0 unspecified atom stereocenters. The van der Waals surface area contributed by atoms with E-state index in [-0.39, 0.29) is 10.4 Å². The first kappa shape index (κ1) is 24.8.